The maximum absolute atomic E-state index is 5.54. The molecule has 0 radical (unpaired) electrons. The fourth-order valence-electron chi connectivity index (χ4n) is 1.44. The van der Waals surface area contributed by atoms with Gasteiger partial charge in [0, 0.05) is 39.2 Å². The second-order valence-corrected chi connectivity index (χ2v) is 4.16. The molecule has 4 heteroatoms. The quantitative estimate of drug-likeness (QED) is 0.694. The van der Waals surface area contributed by atoms with E-state index in [1.165, 1.54) is 12.8 Å². The number of ether oxygens (including phenoxy) is 1. The topological polar surface area (TPSA) is 39.1 Å². The van der Waals surface area contributed by atoms with Gasteiger partial charge in [-0.3, -0.25) is 0 Å². The first kappa shape index (κ1) is 10.5. The molecule has 84 valence electrons. The number of aromatic nitrogens is 2. The largest absolute Gasteiger partial charge is 0.381 e. The van der Waals surface area contributed by atoms with E-state index < -0.39 is 0 Å². The molecule has 1 aromatic rings. The third-order valence-corrected chi connectivity index (χ3v) is 2.62. The highest BCUT2D eigenvalue weighted by Gasteiger charge is 2.20. The Morgan fingerprint density at radius 2 is 2.47 bits per heavy atom. The predicted octanol–water partition coefficient (Wildman–Crippen LogP) is 1.65. The first-order valence-corrected chi connectivity index (χ1v) is 5.65. The summed E-state index contributed by atoms with van der Waals surface area (Å²) in [7, 11) is 1.99. The Hall–Kier alpha value is -1.03. The second-order valence-electron chi connectivity index (χ2n) is 4.16. The van der Waals surface area contributed by atoms with E-state index in [0.29, 0.717) is 0 Å². The van der Waals surface area contributed by atoms with Gasteiger partial charge < -0.3 is 14.6 Å². The zero-order valence-electron chi connectivity index (χ0n) is 9.28. The van der Waals surface area contributed by atoms with Crippen LogP contribution >= 0.6 is 0 Å². The summed E-state index contributed by atoms with van der Waals surface area (Å²) in [6, 6.07) is 0. The van der Waals surface area contributed by atoms with E-state index in [2.05, 4.69) is 10.3 Å². The molecule has 2 rings (SSSR count). The first-order valence-electron chi connectivity index (χ1n) is 5.65. The highest BCUT2D eigenvalue weighted by molar-refractivity contribution is 5.24. The Bertz CT molecular complexity index is 294. The Labute approximate surface area is 90.6 Å². The van der Waals surface area contributed by atoms with E-state index in [-0.39, 0.29) is 0 Å². The van der Waals surface area contributed by atoms with E-state index in [1.807, 2.05) is 17.8 Å². The van der Waals surface area contributed by atoms with Crippen LogP contribution in [0.5, 0.6) is 0 Å². The molecule has 1 fully saturated rings. The normalized spacial score (nSPS) is 15.5. The number of hydrogen-bond donors (Lipinski definition) is 1. The van der Waals surface area contributed by atoms with Crippen LogP contribution in [0.15, 0.2) is 12.4 Å². The third-order valence-electron chi connectivity index (χ3n) is 2.62. The van der Waals surface area contributed by atoms with E-state index >= 15 is 0 Å². The SMILES string of the molecule is Cn1ccnc1NCCCOCC1CC1. The van der Waals surface area contributed by atoms with Crippen molar-refractivity contribution in [2.75, 3.05) is 25.1 Å². The minimum Gasteiger partial charge on any atom is -0.381 e. The van der Waals surface area contributed by atoms with Crippen LogP contribution in [0.2, 0.25) is 0 Å². The van der Waals surface area contributed by atoms with Gasteiger partial charge >= 0.3 is 0 Å². The number of nitrogens with zero attached hydrogens (tertiary/aromatic N) is 2. The smallest absolute Gasteiger partial charge is 0.202 e. The summed E-state index contributed by atoms with van der Waals surface area (Å²) in [5.74, 6) is 1.80. The van der Waals surface area contributed by atoms with Crippen molar-refractivity contribution in [2.24, 2.45) is 13.0 Å². The second kappa shape index (κ2) is 5.16. The maximum Gasteiger partial charge on any atom is 0.202 e. The Morgan fingerprint density at radius 3 is 3.13 bits per heavy atom. The fourth-order valence-corrected chi connectivity index (χ4v) is 1.44. The van der Waals surface area contributed by atoms with Crippen LogP contribution in [0.3, 0.4) is 0 Å². The Balaban J connectivity index is 1.49. The number of hydrogen-bond acceptors (Lipinski definition) is 3. The standard InChI is InChI=1S/C11H19N3O/c1-14-7-6-13-11(14)12-5-2-8-15-9-10-3-4-10/h6-7,10H,2-5,8-9H2,1H3,(H,12,13). The molecule has 0 aliphatic heterocycles. The van der Waals surface area contributed by atoms with Crippen molar-refractivity contribution >= 4 is 5.95 Å². The van der Waals surface area contributed by atoms with Crippen molar-refractivity contribution in [3.05, 3.63) is 12.4 Å². The van der Waals surface area contributed by atoms with Gasteiger partial charge in [0.15, 0.2) is 0 Å². The fraction of sp³-hybridized carbons (Fsp3) is 0.727. The van der Waals surface area contributed by atoms with Crippen molar-refractivity contribution in [3.63, 3.8) is 0 Å². The molecule has 1 saturated carbocycles. The van der Waals surface area contributed by atoms with Crippen LogP contribution in [-0.2, 0) is 11.8 Å². The van der Waals surface area contributed by atoms with Crippen LogP contribution in [0, 0.1) is 5.92 Å². The van der Waals surface area contributed by atoms with E-state index in [0.717, 1.165) is 38.0 Å². The van der Waals surface area contributed by atoms with Crippen molar-refractivity contribution in [1.29, 1.82) is 0 Å². The van der Waals surface area contributed by atoms with Gasteiger partial charge in [-0.05, 0) is 25.2 Å². The minimum atomic E-state index is 0.855. The summed E-state index contributed by atoms with van der Waals surface area (Å²) in [5.41, 5.74) is 0. The van der Waals surface area contributed by atoms with Gasteiger partial charge in [0.2, 0.25) is 5.95 Å². The van der Waals surface area contributed by atoms with Crippen LogP contribution in [-0.4, -0.2) is 29.3 Å². The molecule has 1 aliphatic carbocycles. The molecular weight excluding hydrogens is 190 g/mol. The summed E-state index contributed by atoms with van der Waals surface area (Å²) < 4.78 is 7.52. The molecule has 0 spiro atoms. The van der Waals surface area contributed by atoms with Crippen LogP contribution in [0.25, 0.3) is 0 Å². The molecule has 15 heavy (non-hydrogen) atoms. The molecule has 0 atom stereocenters. The zero-order chi connectivity index (χ0) is 10.5. The van der Waals surface area contributed by atoms with E-state index in [1.54, 1.807) is 6.20 Å². The average molecular weight is 209 g/mol. The summed E-state index contributed by atoms with van der Waals surface area (Å²) >= 11 is 0. The van der Waals surface area contributed by atoms with Crippen molar-refractivity contribution < 1.29 is 4.74 Å². The number of imidazole rings is 1. The van der Waals surface area contributed by atoms with Crippen molar-refractivity contribution in [1.82, 2.24) is 9.55 Å². The molecule has 0 unspecified atom stereocenters. The highest BCUT2D eigenvalue weighted by atomic mass is 16.5. The van der Waals surface area contributed by atoms with Gasteiger partial charge in [-0.2, -0.15) is 0 Å². The van der Waals surface area contributed by atoms with Crippen LogP contribution < -0.4 is 5.32 Å². The van der Waals surface area contributed by atoms with E-state index in [4.69, 9.17) is 4.74 Å². The van der Waals surface area contributed by atoms with Gasteiger partial charge in [-0.25, -0.2) is 4.98 Å². The molecule has 0 saturated heterocycles. The lowest BCUT2D eigenvalue weighted by Crippen LogP contribution is -2.09. The number of nitrogens with one attached hydrogen (secondary N) is 1. The zero-order valence-corrected chi connectivity index (χ0v) is 9.28. The molecule has 0 amide bonds. The summed E-state index contributed by atoms with van der Waals surface area (Å²) in [6.45, 7) is 2.74. The lowest BCUT2D eigenvalue weighted by Gasteiger charge is -2.06. The molecule has 1 aliphatic rings. The first-order chi connectivity index (χ1) is 7.36. The van der Waals surface area contributed by atoms with Gasteiger partial charge in [0.25, 0.3) is 0 Å². The van der Waals surface area contributed by atoms with Crippen molar-refractivity contribution in [3.8, 4) is 0 Å². The molecule has 1 aromatic heterocycles. The summed E-state index contributed by atoms with van der Waals surface area (Å²) in [6.07, 6.45) is 7.51. The van der Waals surface area contributed by atoms with Crippen LogP contribution in [0.1, 0.15) is 19.3 Å². The maximum atomic E-state index is 5.54. The van der Waals surface area contributed by atoms with Crippen LogP contribution in [0.4, 0.5) is 5.95 Å². The number of anilines is 1. The molecule has 4 nitrogen and oxygen atoms in total. The summed E-state index contributed by atoms with van der Waals surface area (Å²) in [4.78, 5) is 4.18. The lowest BCUT2D eigenvalue weighted by atomic mass is 10.4. The summed E-state index contributed by atoms with van der Waals surface area (Å²) in [5, 5.41) is 3.27. The van der Waals surface area contributed by atoms with Crippen molar-refractivity contribution in [2.45, 2.75) is 19.3 Å². The minimum absolute atomic E-state index is 0.855. The lowest BCUT2D eigenvalue weighted by molar-refractivity contribution is 0.124. The van der Waals surface area contributed by atoms with Gasteiger partial charge in [0.05, 0.1) is 0 Å². The predicted molar refractivity (Wildman–Crippen MR) is 59.9 cm³/mol. The Kier molecular flexibility index (Phi) is 3.61. The monoisotopic (exact) mass is 209 g/mol. The van der Waals surface area contributed by atoms with E-state index in [9.17, 15) is 0 Å². The molecule has 1 N–H and O–H groups in total. The van der Waals surface area contributed by atoms with Gasteiger partial charge in [-0.1, -0.05) is 0 Å². The number of aryl methyl sites for hydroxylation is 1. The molecule has 0 aromatic carbocycles. The van der Waals surface area contributed by atoms with Gasteiger partial charge in [-0.15, -0.1) is 0 Å². The third kappa shape index (κ3) is 3.55. The molecule has 0 bridgehead atoms. The van der Waals surface area contributed by atoms with Gasteiger partial charge in [0.1, 0.15) is 0 Å². The number of rotatable bonds is 7. The highest BCUT2D eigenvalue weighted by Crippen LogP contribution is 2.28. The Morgan fingerprint density at radius 1 is 1.60 bits per heavy atom. The molecule has 1 heterocycles. The molecular formula is C11H19N3O. The average Bonchev–Trinajstić information content (AvgIpc) is 2.96.